The van der Waals surface area contributed by atoms with E-state index in [1.807, 2.05) is 0 Å². The highest BCUT2D eigenvalue weighted by atomic mass is 32.1. The number of hydrogen-bond acceptors (Lipinski definition) is 4. The third-order valence-corrected chi connectivity index (χ3v) is 3.54. The predicted molar refractivity (Wildman–Crippen MR) is 75.7 cm³/mol. The highest BCUT2D eigenvalue weighted by Gasteiger charge is 2.26. The smallest absolute Gasteiger partial charge is 0.323 e. The zero-order chi connectivity index (χ0) is 15.3. The van der Waals surface area contributed by atoms with Crippen LogP contribution in [0.1, 0.15) is 30.4 Å². The lowest BCUT2D eigenvalue weighted by atomic mass is 10.2. The third-order valence-electron chi connectivity index (χ3n) is 2.68. The number of hydrogen-bond donors (Lipinski definition) is 2. The van der Waals surface area contributed by atoms with Crippen molar-refractivity contribution in [2.75, 3.05) is 6.54 Å². The van der Waals surface area contributed by atoms with Crippen molar-refractivity contribution in [2.24, 2.45) is 0 Å². The van der Waals surface area contributed by atoms with Crippen LogP contribution in [0, 0.1) is 0 Å². The lowest BCUT2D eigenvalue weighted by Crippen LogP contribution is -2.50. The van der Waals surface area contributed by atoms with Crippen LogP contribution in [0.2, 0.25) is 0 Å². The average molecular weight is 298 g/mol. The van der Waals surface area contributed by atoms with Gasteiger partial charge < -0.3 is 15.3 Å². The molecule has 1 aromatic rings. The Hall–Kier alpha value is -1.89. The Morgan fingerprint density at radius 3 is 2.45 bits per heavy atom. The zero-order valence-corrected chi connectivity index (χ0v) is 12.4. The van der Waals surface area contributed by atoms with Crippen LogP contribution in [0.15, 0.2) is 17.5 Å². The van der Waals surface area contributed by atoms with Crippen molar-refractivity contribution in [3.05, 3.63) is 22.4 Å². The Morgan fingerprint density at radius 1 is 1.35 bits per heavy atom. The average Bonchev–Trinajstić information content (AvgIpc) is 2.88. The number of carbonyl (C=O) groups is 3. The molecule has 1 atom stereocenters. The Labute approximate surface area is 121 Å². The van der Waals surface area contributed by atoms with Crippen LogP contribution in [0.5, 0.6) is 0 Å². The van der Waals surface area contributed by atoms with E-state index in [1.54, 1.807) is 38.3 Å². The molecular weight excluding hydrogens is 280 g/mol. The molecule has 0 aliphatic heterocycles. The van der Waals surface area contributed by atoms with Crippen LogP contribution in [-0.2, 0) is 9.59 Å². The van der Waals surface area contributed by atoms with E-state index in [9.17, 15) is 14.4 Å². The minimum Gasteiger partial charge on any atom is -0.480 e. The molecular formula is C13H18N2O4S. The first-order valence-corrected chi connectivity index (χ1v) is 7.07. The second-order valence-electron chi connectivity index (χ2n) is 4.63. The Morgan fingerprint density at radius 2 is 2.00 bits per heavy atom. The number of nitrogens with zero attached hydrogens (tertiary/aromatic N) is 1. The van der Waals surface area contributed by atoms with Crippen molar-refractivity contribution in [3.8, 4) is 0 Å². The zero-order valence-electron chi connectivity index (χ0n) is 11.6. The molecule has 0 aliphatic carbocycles. The number of nitrogens with one attached hydrogen (secondary N) is 1. The second kappa shape index (κ2) is 7.04. The van der Waals surface area contributed by atoms with E-state index in [-0.39, 0.29) is 18.5 Å². The highest BCUT2D eigenvalue weighted by Crippen LogP contribution is 2.09. The molecule has 0 spiro atoms. The molecule has 0 fully saturated rings. The van der Waals surface area contributed by atoms with Gasteiger partial charge in [0.2, 0.25) is 5.91 Å². The first kappa shape index (κ1) is 16.2. The van der Waals surface area contributed by atoms with Gasteiger partial charge in [-0.25, -0.2) is 0 Å². The summed E-state index contributed by atoms with van der Waals surface area (Å²) >= 11 is 1.28. The van der Waals surface area contributed by atoms with Gasteiger partial charge in [0.1, 0.15) is 12.6 Å². The van der Waals surface area contributed by atoms with E-state index in [2.05, 4.69) is 5.32 Å². The van der Waals surface area contributed by atoms with Crippen molar-refractivity contribution in [1.82, 2.24) is 10.2 Å². The summed E-state index contributed by atoms with van der Waals surface area (Å²) in [7, 11) is 0. The quantitative estimate of drug-likeness (QED) is 0.826. The summed E-state index contributed by atoms with van der Waals surface area (Å²) in [6.45, 7) is 4.63. The van der Waals surface area contributed by atoms with E-state index < -0.39 is 17.9 Å². The van der Waals surface area contributed by atoms with Crippen molar-refractivity contribution < 1.29 is 19.5 Å². The minimum absolute atomic E-state index is 0.250. The molecule has 0 bridgehead atoms. The minimum atomic E-state index is -1.08. The van der Waals surface area contributed by atoms with Crippen molar-refractivity contribution in [1.29, 1.82) is 0 Å². The van der Waals surface area contributed by atoms with Crippen LogP contribution in [0.25, 0.3) is 0 Å². The van der Waals surface area contributed by atoms with Gasteiger partial charge >= 0.3 is 5.97 Å². The van der Waals surface area contributed by atoms with Crippen LogP contribution in [-0.4, -0.2) is 46.4 Å². The molecule has 7 heteroatoms. The van der Waals surface area contributed by atoms with Gasteiger partial charge in [-0.1, -0.05) is 6.07 Å². The number of carboxylic acid groups (broad SMARTS) is 1. The van der Waals surface area contributed by atoms with E-state index in [1.165, 1.54) is 16.2 Å². The number of rotatable bonds is 6. The van der Waals surface area contributed by atoms with Crippen LogP contribution >= 0.6 is 11.3 Å². The Bertz CT molecular complexity index is 485. The van der Waals surface area contributed by atoms with Gasteiger partial charge in [-0.15, -0.1) is 11.3 Å². The van der Waals surface area contributed by atoms with Crippen LogP contribution in [0.4, 0.5) is 0 Å². The standard InChI is InChI=1S/C13H18N2O4S/c1-8(2)15(7-11(16)17)13(19)9(3)14-12(18)10-5-4-6-20-10/h4-6,8-9H,7H2,1-3H3,(H,14,18)(H,16,17). The molecule has 1 heterocycles. The van der Waals surface area contributed by atoms with E-state index >= 15 is 0 Å². The van der Waals surface area contributed by atoms with Gasteiger partial charge in [0, 0.05) is 6.04 Å². The lowest BCUT2D eigenvalue weighted by molar-refractivity contribution is -0.146. The highest BCUT2D eigenvalue weighted by molar-refractivity contribution is 7.12. The first-order valence-electron chi connectivity index (χ1n) is 6.19. The molecule has 1 rings (SSSR count). The summed E-state index contributed by atoms with van der Waals surface area (Å²) in [5, 5.41) is 13.2. The lowest BCUT2D eigenvalue weighted by Gasteiger charge is -2.28. The van der Waals surface area contributed by atoms with Crippen LogP contribution < -0.4 is 5.32 Å². The number of thiophene rings is 1. The van der Waals surface area contributed by atoms with E-state index in [0.717, 1.165) is 0 Å². The van der Waals surface area contributed by atoms with Crippen molar-refractivity contribution >= 4 is 29.1 Å². The molecule has 2 amide bonds. The molecule has 2 N–H and O–H groups in total. The monoisotopic (exact) mass is 298 g/mol. The topological polar surface area (TPSA) is 86.7 Å². The summed E-state index contributed by atoms with van der Waals surface area (Å²) in [6, 6.07) is 2.39. The maximum atomic E-state index is 12.2. The third kappa shape index (κ3) is 4.34. The van der Waals surface area contributed by atoms with Gasteiger partial charge in [0.25, 0.3) is 5.91 Å². The summed E-state index contributed by atoms with van der Waals surface area (Å²) < 4.78 is 0. The Balaban J connectivity index is 2.69. The van der Waals surface area contributed by atoms with Gasteiger partial charge in [-0.05, 0) is 32.2 Å². The number of carbonyl (C=O) groups excluding carboxylic acids is 2. The molecule has 0 aliphatic rings. The maximum absolute atomic E-state index is 12.2. The Kier molecular flexibility index (Phi) is 5.69. The van der Waals surface area contributed by atoms with Gasteiger partial charge in [-0.2, -0.15) is 0 Å². The summed E-state index contributed by atoms with van der Waals surface area (Å²) in [5.74, 6) is -1.82. The van der Waals surface area contributed by atoms with Gasteiger partial charge in [-0.3, -0.25) is 14.4 Å². The first-order chi connectivity index (χ1) is 9.32. The fourth-order valence-corrected chi connectivity index (χ4v) is 2.27. The molecule has 1 aromatic heterocycles. The number of carboxylic acids is 1. The molecule has 0 radical (unpaired) electrons. The summed E-state index contributed by atoms with van der Waals surface area (Å²) in [4.78, 5) is 36.5. The fourth-order valence-electron chi connectivity index (χ4n) is 1.65. The maximum Gasteiger partial charge on any atom is 0.323 e. The second-order valence-corrected chi connectivity index (χ2v) is 5.57. The number of amides is 2. The molecule has 110 valence electrons. The molecule has 20 heavy (non-hydrogen) atoms. The van der Waals surface area contributed by atoms with E-state index in [0.29, 0.717) is 4.88 Å². The molecule has 0 saturated carbocycles. The normalized spacial score (nSPS) is 12.0. The summed E-state index contributed by atoms with van der Waals surface area (Å²) in [6.07, 6.45) is 0. The summed E-state index contributed by atoms with van der Waals surface area (Å²) in [5.41, 5.74) is 0. The van der Waals surface area contributed by atoms with Crippen molar-refractivity contribution in [3.63, 3.8) is 0 Å². The van der Waals surface area contributed by atoms with Gasteiger partial charge in [0.05, 0.1) is 4.88 Å². The van der Waals surface area contributed by atoms with Crippen LogP contribution in [0.3, 0.4) is 0 Å². The van der Waals surface area contributed by atoms with Crippen molar-refractivity contribution in [2.45, 2.75) is 32.9 Å². The number of aliphatic carboxylic acids is 1. The molecule has 0 saturated heterocycles. The molecule has 0 aromatic carbocycles. The predicted octanol–water partition coefficient (Wildman–Crippen LogP) is 1.19. The molecule has 6 nitrogen and oxygen atoms in total. The SMILES string of the molecule is CC(NC(=O)c1cccs1)C(=O)N(CC(=O)O)C(C)C. The van der Waals surface area contributed by atoms with Gasteiger partial charge in [0.15, 0.2) is 0 Å². The molecule has 1 unspecified atom stereocenters. The largest absolute Gasteiger partial charge is 0.480 e. The fraction of sp³-hybridized carbons (Fsp3) is 0.462. The van der Waals surface area contributed by atoms with E-state index in [4.69, 9.17) is 5.11 Å².